The van der Waals surface area contributed by atoms with Gasteiger partial charge in [-0.15, -0.1) is 0 Å². The van der Waals surface area contributed by atoms with Gasteiger partial charge in [-0.3, -0.25) is 4.90 Å². The lowest BCUT2D eigenvalue weighted by Gasteiger charge is -2.35. The van der Waals surface area contributed by atoms with Gasteiger partial charge in [0.15, 0.2) is 0 Å². The fourth-order valence-corrected chi connectivity index (χ4v) is 2.79. The maximum Gasteiger partial charge on any atom is 0.387 e. The SMILES string of the molecule is CCOC(=O)C1=C(C)N(CC)C(=O)NC1c1ccccc1OC(F)F. The van der Waals surface area contributed by atoms with E-state index in [0.29, 0.717) is 12.2 Å². The standard InChI is InChI=1S/C17H20F2N2O4/c1-4-21-10(3)13(15(22)24-5-2)14(20-17(21)23)11-8-6-7-9-12(11)25-16(18)19/h6-9,14,16H,4-5H2,1-3H3,(H,20,23). The molecule has 2 amide bonds. The number of carbonyl (C=O) groups is 2. The lowest BCUT2D eigenvalue weighted by atomic mass is 9.94. The minimum absolute atomic E-state index is 0.109. The van der Waals surface area contributed by atoms with Crippen LogP contribution in [0.25, 0.3) is 0 Å². The van der Waals surface area contributed by atoms with E-state index in [-0.39, 0.29) is 23.5 Å². The van der Waals surface area contributed by atoms with Crippen LogP contribution in [-0.2, 0) is 9.53 Å². The maximum absolute atomic E-state index is 12.7. The molecule has 0 aliphatic carbocycles. The van der Waals surface area contributed by atoms with Crippen molar-refractivity contribution in [3.05, 3.63) is 41.1 Å². The zero-order chi connectivity index (χ0) is 18.6. The van der Waals surface area contributed by atoms with E-state index in [2.05, 4.69) is 10.1 Å². The Kier molecular flexibility index (Phi) is 5.95. The number of hydrogen-bond donors (Lipinski definition) is 1. The second kappa shape index (κ2) is 7.96. The first-order valence-corrected chi connectivity index (χ1v) is 7.90. The molecule has 0 saturated carbocycles. The summed E-state index contributed by atoms with van der Waals surface area (Å²) >= 11 is 0. The number of nitrogens with zero attached hydrogens (tertiary/aromatic N) is 1. The third-order valence-corrected chi connectivity index (χ3v) is 3.85. The zero-order valence-electron chi connectivity index (χ0n) is 14.2. The summed E-state index contributed by atoms with van der Waals surface area (Å²) in [4.78, 5) is 26.2. The molecule has 0 saturated heterocycles. The highest BCUT2D eigenvalue weighted by molar-refractivity contribution is 5.95. The largest absolute Gasteiger partial charge is 0.463 e. The molecule has 0 radical (unpaired) electrons. The Bertz CT molecular complexity index is 691. The molecule has 1 unspecified atom stereocenters. The monoisotopic (exact) mass is 354 g/mol. The van der Waals surface area contributed by atoms with Gasteiger partial charge < -0.3 is 14.8 Å². The molecule has 1 N–H and O–H groups in total. The van der Waals surface area contributed by atoms with Crippen molar-refractivity contribution in [3.8, 4) is 5.75 Å². The molecular formula is C17H20F2N2O4. The van der Waals surface area contributed by atoms with E-state index in [0.717, 1.165) is 0 Å². The molecule has 0 bridgehead atoms. The third-order valence-electron chi connectivity index (χ3n) is 3.85. The number of amides is 2. The average molecular weight is 354 g/mol. The number of nitrogens with one attached hydrogen (secondary N) is 1. The minimum Gasteiger partial charge on any atom is -0.463 e. The Labute approximate surface area is 144 Å². The molecule has 8 heteroatoms. The van der Waals surface area contributed by atoms with Crippen LogP contribution in [0.4, 0.5) is 13.6 Å². The predicted molar refractivity (Wildman–Crippen MR) is 86.1 cm³/mol. The number of carbonyl (C=O) groups excluding carboxylic acids is 2. The fraction of sp³-hybridized carbons (Fsp3) is 0.412. The van der Waals surface area contributed by atoms with Crippen molar-refractivity contribution in [2.24, 2.45) is 0 Å². The number of halogens is 2. The third kappa shape index (κ3) is 3.89. The Morgan fingerprint density at radius 2 is 2.00 bits per heavy atom. The predicted octanol–water partition coefficient (Wildman–Crippen LogP) is 3.21. The number of hydrogen-bond acceptors (Lipinski definition) is 4. The highest BCUT2D eigenvalue weighted by Gasteiger charge is 2.37. The molecular weight excluding hydrogens is 334 g/mol. The van der Waals surface area contributed by atoms with E-state index in [1.54, 1.807) is 26.8 Å². The van der Waals surface area contributed by atoms with Crippen molar-refractivity contribution < 1.29 is 27.8 Å². The Morgan fingerprint density at radius 3 is 2.60 bits per heavy atom. The summed E-state index contributed by atoms with van der Waals surface area (Å²) in [5, 5.41) is 2.67. The molecule has 1 aromatic carbocycles. The first-order valence-electron chi connectivity index (χ1n) is 7.90. The van der Waals surface area contributed by atoms with Crippen molar-refractivity contribution >= 4 is 12.0 Å². The van der Waals surface area contributed by atoms with Gasteiger partial charge >= 0.3 is 18.6 Å². The lowest BCUT2D eigenvalue weighted by Crippen LogP contribution is -2.48. The van der Waals surface area contributed by atoms with Crippen LogP contribution in [0, 0.1) is 0 Å². The summed E-state index contributed by atoms with van der Waals surface area (Å²) in [6.45, 7) is 2.53. The quantitative estimate of drug-likeness (QED) is 0.797. The second-order valence-corrected chi connectivity index (χ2v) is 5.26. The van der Waals surface area contributed by atoms with E-state index in [1.807, 2.05) is 0 Å². The number of urea groups is 1. The van der Waals surface area contributed by atoms with Gasteiger partial charge in [0.1, 0.15) is 5.75 Å². The number of allylic oxidation sites excluding steroid dienone is 1. The smallest absolute Gasteiger partial charge is 0.387 e. The van der Waals surface area contributed by atoms with Gasteiger partial charge in [0.2, 0.25) is 0 Å². The van der Waals surface area contributed by atoms with E-state index in [1.165, 1.54) is 23.1 Å². The number of ether oxygens (including phenoxy) is 2. The summed E-state index contributed by atoms with van der Waals surface area (Å²) in [6, 6.07) is 4.66. The van der Waals surface area contributed by atoms with E-state index >= 15 is 0 Å². The van der Waals surface area contributed by atoms with Crippen molar-refractivity contribution in [2.75, 3.05) is 13.2 Å². The number of rotatable bonds is 6. The van der Waals surface area contributed by atoms with Crippen molar-refractivity contribution in [2.45, 2.75) is 33.4 Å². The van der Waals surface area contributed by atoms with Crippen molar-refractivity contribution in [1.82, 2.24) is 10.2 Å². The van der Waals surface area contributed by atoms with Gasteiger partial charge in [-0.2, -0.15) is 8.78 Å². The van der Waals surface area contributed by atoms with E-state index < -0.39 is 24.7 Å². The highest BCUT2D eigenvalue weighted by Crippen LogP contribution is 2.36. The number of alkyl halides is 2. The molecule has 1 aliphatic rings. The molecule has 136 valence electrons. The number of benzene rings is 1. The van der Waals surface area contributed by atoms with Crippen LogP contribution in [-0.4, -0.2) is 36.7 Å². The van der Waals surface area contributed by atoms with Crippen molar-refractivity contribution in [3.63, 3.8) is 0 Å². The normalized spacial score (nSPS) is 17.6. The zero-order valence-corrected chi connectivity index (χ0v) is 14.2. The average Bonchev–Trinajstić information content (AvgIpc) is 2.54. The topological polar surface area (TPSA) is 67.9 Å². The van der Waals surface area contributed by atoms with Crippen LogP contribution in [0.2, 0.25) is 0 Å². The van der Waals surface area contributed by atoms with Crippen molar-refractivity contribution in [1.29, 1.82) is 0 Å². The molecule has 0 aromatic heterocycles. The first kappa shape index (κ1) is 18.7. The Morgan fingerprint density at radius 1 is 1.32 bits per heavy atom. The molecule has 0 fully saturated rings. The van der Waals surface area contributed by atoms with Gasteiger partial charge in [0.05, 0.1) is 18.2 Å². The summed E-state index contributed by atoms with van der Waals surface area (Å²) < 4.78 is 35.0. The van der Waals surface area contributed by atoms with Gasteiger partial charge in [-0.25, -0.2) is 9.59 Å². The van der Waals surface area contributed by atoms with Gasteiger partial charge in [0, 0.05) is 17.8 Å². The molecule has 6 nitrogen and oxygen atoms in total. The summed E-state index contributed by atoms with van der Waals surface area (Å²) in [7, 11) is 0. The molecule has 1 heterocycles. The van der Waals surface area contributed by atoms with Crippen LogP contribution >= 0.6 is 0 Å². The second-order valence-electron chi connectivity index (χ2n) is 5.26. The highest BCUT2D eigenvalue weighted by atomic mass is 19.3. The minimum atomic E-state index is -3.02. The van der Waals surface area contributed by atoms with E-state index in [9.17, 15) is 18.4 Å². The van der Waals surface area contributed by atoms with Gasteiger partial charge in [0.25, 0.3) is 0 Å². The summed E-state index contributed by atoms with van der Waals surface area (Å²) in [5.41, 5.74) is 0.865. The van der Waals surface area contributed by atoms with Gasteiger partial charge in [-0.05, 0) is 26.8 Å². The Hall–Kier alpha value is -2.64. The van der Waals surface area contributed by atoms with Crippen LogP contribution in [0.3, 0.4) is 0 Å². The molecule has 1 aromatic rings. The Balaban J connectivity index is 2.56. The summed E-state index contributed by atoms with van der Waals surface area (Å²) in [5.74, 6) is -0.724. The lowest BCUT2D eigenvalue weighted by molar-refractivity contribution is -0.139. The van der Waals surface area contributed by atoms with Gasteiger partial charge in [-0.1, -0.05) is 18.2 Å². The molecule has 1 aliphatic heterocycles. The van der Waals surface area contributed by atoms with Crippen LogP contribution in [0.5, 0.6) is 5.75 Å². The molecule has 2 rings (SSSR count). The van der Waals surface area contributed by atoms with Crippen LogP contribution < -0.4 is 10.1 Å². The number of para-hydroxylation sites is 1. The molecule has 0 spiro atoms. The summed E-state index contributed by atoms with van der Waals surface area (Å²) in [6.07, 6.45) is 0. The maximum atomic E-state index is 12.7. The molecule has 25 heavy (non-hydrogen) atoms. The number of esters is 1. The van der Waals surface area contributed by atoms with Crippen LogP contribution in [0.15, 0.2) is 35.5 Å². The first-order chi connectivity index (χ1) is 11.9. The fourth-order valence-electron chi connectivity index (χ4n) is 2.79. The van der Waals surface area contributed by atoms with Crippen LogP contribution in [0.1, 0.15) is 32.4 Å². The molecule has 1 atom stereocenters. The van der Waals surface area contributed by atoms with E-state index in [4.69, 9.17) is 4.74 Å².